The molecule has 0 spiro atoms. The summed E-state index contributed by atoms with van der Waals surface area (Å²) < 4.78 is 1.21. The van der Waals surface area contributed by atoms with Gasteiger partial charge in [-0.15, -0.1) is 22.7 Å². The van der Waals surface area contributed by atoms with Crippen LogP contribution in [0.4, 0.5) is 5.00 Å². The molecule has 4 aromatic rings. The third-order valence-corrected chi connectivity index (χ3v) is 7.51. The number of thiophene rings is 1. The average Bonchev–Trinajstić information content (AvgIpc) is 3.34. The lowest BCUT2D eigenvalue weighted by atomic mass is 10.1. The lowest BCUT2D eigenvalue weighted by Crippen LogP contribution is -1.84. The zero-order chi connectivity index (χ0) is 18.4. The molecule has 0 aliphatic heterocycles. The molecule has 0 bridgehead atoms. The standard InChI is InChI=1S/C21H14Cl2N2S2/c22-13-9-8-12(15(23)10-13)11-24-20-19(14-4-3-7-17(14)26-20)21-25-16-5-1-2-6-18(16)27-21/h1-2,5-6,8-11H,3-4,7H2/b24-11+. The van der Waals surface area contributed by atoms with Crippen molar-refractivity contribution >= 4 is 67.3 Å². The lowest BCUT2D eigenvalue weighted by molar-refractivity contribution is 0.915. The summed E-state index contributed by atoms with van der Waals surface area (Å²) in [5.41, 5.74) is 4.54. The summed E-state index contributed by atoms with van der Waals surface area (Å²) in [6.07, 6.45) is 5.28. The van der Waals surface area contributed by atoms with Crippen LogP contribution in [0.5, 0.6) is 0 Å². The molecule has 0 saturated heterocycles. The fourth-order valence-corrected chi connectivity index (χ4v) is 6.21. The van der Waals surface area contributed by atoms with Crippen LogP contribution in [0.1, 0.15) is 22.4 Å². The highest BCUT2D eigenvalue weighted by atomic mass is 35.5. The summed E-state index contributed by atoms with van der Waals surface area (Å²) >= 11 is 15.8. The first-order valence-electron chi connectivity index (χ1n) is 8.68. The normalized spacial score (nSPS) is 13.7. The molecule has 27 heavy (non-hydrogen) atoms. The number of para-hydroxylation sites is 1. The summed E-state index contributed by atoms with van der Waals surface area (Å²) in [5, 5.41) is 3.31. The minimum Gasteiger partial charge on any atom is -0.245 e. The van der Waals surface area contributed by atoms with E-state index in [1.807, 2.05) is 24.4 Å². The van der Waals surface area contributed by atoms with Gasteiger partial charge in [0.15, 0.2) is 0 Å². The molecule has 0 amide bonds. The van der Waals surface area contributed by atoms with Crippen molar-refractivity contribution in [3.63, 3.8) is 0 Å². The van der Waals surface area contributed by atoms with E-state index in [-0.39, 0.29) is 0 Å². The molecule has 0 saturated carbocycles. The van der Waals surface area contributed by atoms with Crippen molar-refractivity contribution in [3.05, 3.63) is 68.5 Å². The van der Waals surface area contributed by atoms with Crippen molar-refractivity contribution in [1.29, 1.82) is 0 Å². The minimum atomic E-state index is 0.608. The number of halogens is 2. The Kier molecular flexibility index (Phi) is 4.52. The van der Waals surface area contributed by atoms with E-state index in [0.29, 0.717) is 10.0 Å². The van der Waals surface area contributed by atoms with Crippen LogP contribution in [0.2, 0.25) is 10.0 Å². The molecular formula is C21H14Cl2N2S2. The number of aromatic nitrogens is 1. The Morgan fingerprint density at radius 2 is 1.93 bits per heavy atom. The van der Waals surface area contributed by atoms with Gasteiger partial charge in [0, 0.05) is 21.7 Å². The first kappa shape index (κ1) is 17.4. The van der Waals surface area contributed by atoms with Gasteiger partial charge in [0.2, 0.25) is 0 Å². The van der Waals surface area contributed by atoms with E-state index in [1.165, 1.54) is 27.1 Å². The Balaban J connectivity index is 1.62. The monoisotopic (exact) mass is 428 g/mol. The van der Waals surface area contributed by atoms with E-state index in [2.05, 4.69) is 18.2 Å². The van der Waals surface area contributed by atoms with Crippen LogP contribution in [-0.4, -0.2) is 11.2 Å². The molecule has 2 heterocycles. The molecule has 1 aliphatic carbocycles. The van der Waals surface area contributed by atoms with Crippen molar-refractivity contribution < 1.29 is 0 Å². The van der Waals surface area contributed by atoms with Crippen molar-refractivity contribution in [2.24, 2.45) is 4.99 Å². The van der Waals surface area contributed by atoms with Crippen LogP contribution in [0.3, 0.4) is 0 Å². The summed E-state index contributed by atoms with van der Waals surface area (Å²) in [6, 6.07) is 13.8. The topological polar surface area (TPSA) is 25.2 Å². The van der Waals surface area contributed by atoms with Crippen molar-refractivity contribution in [2.75, 3.05) is 0 Å². The minimum absolute atomic E-state index is 0.608. The zero-order valence-electron chi connectivity index (χ0n) is 14.2. The predicted molar refractivity (Wildman–Crippen MR) is 119 cm³/mol. The first-order valence-corrected chi connectivity index (χ1v) is 11.1. The van der Waals surface area contributed by atoms with E-state index in [0.717, 1.165) is 33.9 Å². The van der Waals surface area contributed by atoms with Crippen LogP contribution in [-0.2, 0) is 12.8 Å². The van der Waals surface area contributed by atoms with Crippen molar-refractivity contribution in [2.45, 2.75) is 19.3 Å². The maximum absolute atomic E-state index is 6.30. The molecule has 1 aliphatic rings. The average molecular weight is 429 g/mol. The third-order valence-electron chi connectivity index (χ3n) is 4.69. The van der Waals surface area contributed by atoms with Gasteiger partial charge in [-0.25, -0.2) is 9.98 Å². The summed E-state index contributed by atoms with van der Waals surface area (Å²) in [7, 11) is 0. The largest absolute Gasteiger partial charge is 0.245 e. The van der Waals surface area contributed by atoms with Gasteiger partial charge in [-0.05, 0) is 49.1 Å². The highest BCUT2D eigenvalue weighted by Gasteiger charge is 2.25. The maximum atomic E-state index is 6.30. The Morgan fingerprint density at radius 1 is 1.04 bits per heavy atom. The number of aliphatic imine (C=N–C) groups is 1. The van der Waals surface area contributed by atoms with Crippen LogP contribution >= 0.6 is 45.9 Å². The smallest absolute Gasteiger partial charge is 0.127 e. The first-order chi connectivity index (χ1) is 13.2. The van der Waals surface area contributed by atoms with Crippen LogP contribution < -0.4 is 0 Å². The second-order valence-corrected chi connectivity index (χ2v) is 9.41. The van der Waals surface area contributed by atoms with Gasteiger partial charge in [-0.3, -0.25) is 0 Å². The van der Waals surface area contributed by atoms with Gasteiger partial charge in [0.1, 0.15) is 10.0 Å². The Morgan fingerprint density at radius 3 is 2.78 bits per heavy atom. The molecule has 0 unspecified atom stereocenters. The summed E-state index contributed by atoms with van der Waals surface area (Å²) in [5.74, 6) is 0. The van der Waals surface area contributed by atoms with Gasteiger partial charge in [-0.1, -0.05) is 41.4 Å². The fraction of sp³-hybridized carbons (Fsp3) is 0.143. The van der Waals surface area contributed by atoms with E-state index < -0.39 is 0 Å². The molecule has 5 rings (SSSR count). The molecule has 0 fully saturated rings. The highest BCUT2D eigenvalue weighted by molar-refractivity contribution is 7.22. The van der Waals surface area contributed by atoms with E-state index in [4.69, 9.17) is 33.2 Å². The molecule has 0 N–H and O–H groups in total. The molecular weight excluding hydrogens is 415 g/mol. The molecule has 2 aromatic carbocycles. The summed E-state index contributed by atoms with van der Waals surface area (Å²) in [4.78, 5) is 11.1. The zero-order valence-corrected chi connectivity index (χ0v) is 17.4. The second-order valence-electron chi connectivity index (χ2n) is 6.45. The number of hydrogen-bond acceptors (Lipinski definition) is 4. The highest BCUT2D eigenvalue weighted by Crippen LogP contribution is 2.48. The van der Waals surface area contributed by atoms with Gasteiger partial charge >= 0.3 is 0 Å². The van der Waals surface area contributed by atoms with Crippen molar-refractivity contribution in [3.8, 4) is 10.6 Å². The van der Waals surface area contributed by atoms with Gasteiger partial charge in [0.05, 0.1) is 20.8 Å². The number of benzene rings is 2. The fourth-order valence-electron chi connectivity index (χ4n) is 3.41. The summed E-state index contributed by atoms with van der Waals surface area (Å²) in [6.45, 7) is 0. The Labute approximate surface area is 175 Å². The third kappa shape index (κ3) is 3.21. The molecule has 2 nitrogen and oxygen atoms in total. The SMILES string of the molecule is Clc1ccc(/C=N/c2sc3c(c2-c2nc4ccccc4s2)CCC3)c(Cl)c1. The van der Waals surface area contributed by atoms with Crippen LogP contribution in [0, 0.1) is 0 Å². The number of hydrogen-bond donors (Lipinski definition) is 0. The Hall–Kier alpha value is -1.72. The second kappa shape index (κ2) is 7.02. The predicted octanol–water partition coefficient (Wildman–Crippen LogP) is 7.57. The molecule has 0 radical (unpaired) electrons. The van der Waals surface area contributed by atoms with Crippen LogP contribution in [0.15, 0.2) is 47.5 Å². The van der Waals surface area contributed by atoms with E-state index in [1.54, 1.807) is 28.7 Å². The number of aryl methyl sites for hydroxylation is 1. The quantitative estimate of drug-likeness (QED) is 0.308. The molecule has 0 atom stereocenters. The number of fused-ring (bicyclic) bond motifs is 2. The molecule has 134 valence electrons. The Bertz CT molecular complexity index is 1160. The van der Waals surface area contributed by atoms with Crippen LogP contribution in [0.25, 0.3) is 20.8 Å². The van der Waals surface area contributed by atoms with Gasteiger partial charge in [-0.2, -0.15) is 0 Å². The van der Waals surface area contributed by atoms with Gasteiger partial charge < -0.3 is 0 Å². The van der Waals surface area contributed by atoms with Gasteiger partial charge in [0.25, 0.3) is 0 Å². The lowest BCUT2D eigenvalue weighted by Gasteiger charge is -2.01. The van der Waals surface area contributed by atoms with Crippen molar-refractivity contribution in [1.82, 2.24) is 4.98 Å². The molecule has 2 aromatic heterocycles. The number of thiazole rings is 1. The number of rotatable bonds is 3. The van der Waals surface area contributed by atoms with E-state index in [9.17, 15) is 0 Å². The molecule has 6 heteroatoms. The maximum Gasteiger partial charge on any atom is 0.127 e. The van der Waals surface area contributed by atoms with E-state index >= 15 is 0 Å². The number of nitrogens with zero attached hydrogens (tertiary/aromatic N) is 2.